The van der Waals surface area contributed by atoms with Gasteiger partial charge in [0, 0.05) is 10.7 Å². The first-order valence-corrected chi connectivity index (χ1v) is 10.2. The Kier molecular flexibility index (Phi) is 6.44. The van der Waals surface area contributed by atoms with Gasteiger partial charge in [0.25, 0.3) is 0 Å². The summed E-state index contributed by atoms with van der Waals surface area (Å²) >= 11 is 19.3. The van der Waals surface area contributed by atoms with Crippen LogP contribution in [0.4, 0.5) is 0 Å². The molecule has 9 heteroatoms. The Hall–Kier alpha value is 1.15. The van der Waals surface area contributed by atoms with Crippen molar-refractivity contribution >= 4 is 76.4 Å². The van der Waals surface area contributed by atoms with E-state index in [4.69, 9.17) is 23.2 Å². The van der Waals surface area contributed by atoms with Gasteiger partial charge in [-0.05, 0) is 12.5 Å². The van der Waals surface area contributed by atoms with Crippen LogP contribution in [0.3, 0.4) is 0 Å². The fraction of sp³-hybridized carbons (Fsp3) is 0.556. The largest absolute Gasteiger partial charge is 0.243 e. The molecule has 0 aliphatic heterocycles. The second-order valence-electron chi connectivity index (χ2n) is 3.70. The average molecular weight is 460 g/mol. The van der Waals surface area contributed by atoms with E-state index in [0.29, 0.717) is 21.4 Å². The lowest BCUT2D eigenvalue weighted by atomic mass is 10.0. The van der Waals surface area contributed by atoms with E-state index in [1.807, 2.05) is 6.92 Å². The normalized spacial score (nSPS) is 12.9. The van der Waals surface area contributed by atoms with Crippen molar-refractivity contribution < 1.29 is 8.42 Å². The lowest BCUT2D eigenvalue weighted by molar-refractivity contribution is 0.459. The Bertz CT molecular complexity index is 506. The smallest absolute Gasteiger partial charge is 0.207 e. The van der Waals surface area contributed by atoms with Gasteiger partial charge in [0.05, 0.1) is 9.88 Å². The van der Waals surface area contributed by atoms with E-state index in [1.165, 1.54) is 6.07 Å². The van der Waals surface area contributed by atoms with Gasteiger partial charge < -0.3 is 0 Å². The maximum atomic E-state index is 12.3. The molecule has 0 spiro atoms. The van der Waals surface area contributed by atoms with Crippen LogP contribution in [0.1, 0.15) is 13.3 Å². The third-order valence-corrected chi connectivity index (χ3v) is 7.93. The second-order valence-corrected chi connectivity index (χ2v) is 8.75. The lowest BCUT2D eigenvalue weighted by Gasteiger charge is -2.29. The van der Waals surface area contributed by atoms with Crippen molar-refractivity contribution in [2.45, 2.75) is 23.8 Å². The number of thiophene rings is 1. The van der Waals surface area contributed by atoms with Crippen LogP contribution in [-0.4, -0.2) is 24.6 Å². The molecule has 0 radical (unpaired) electrons. The average Bonchev–Trinajstić information content (AvgIpc) is 2.66. The molecule has 0 saturated heterocycles. The molecule has 0 aliphatic rings. The molecule has 0 fully saturated rings. The number of hydrogen-bond donors (Lipinski definition) is 1. The lowest BCUT2D eigenvalue weighted by Crippen LogP contribution is -2.50. The zero-order valence-electron chi connectivity index (χ0n) is 9.34. The first kappa shape index (κ1) is 17.2. The minimum atomic E-state index is -3.68. The molecule has 0 aromatic carbocycles. The Morgan fingerprint density at radius 1 is 1.39 bits per heavy atom. The number of alkyl halides is 2. The molecule has 1 rings (SSSR count). The zero-order valence-corrected chi connectivity index (χ0v) is 15.7. The highest BCUT2D eigenvalue weighted by atomic mass is 79.9. The Morgan fingerprint density at radius 3 is 2.28 bits per heavy atom. The molecule has 1 N–H and O–H groups in total. The maximum absolute atomic E-state index is 12.3. The van der Waals surface area contributed by atoms with Crippen molar-refractivity contribution in [2.24, 2.45) is 0 Å². The van der Waals surface area contributed by atoms with Crippen LogP contribution in [0.15, 0.2) is 11.0 Å². The molecular weight excluding hydrogens is 449 g/mol. The maximum Gasteiger partial charge on any atom is 0.243 e. The quantitative estimate of drug-likeness (QED) is 0.645. The fourth-order valence-electron chi connectivity index (χ4n) is 1.20. The molecule has 1 aromatic heterocycles. The van der Waals surface area contributed by atoms with Crippen LogP contribution in [0.5, 0.6) is 0 Å². The van der Waals surface area contributed by atoms with Gasteiger partial charge in [-0.25, -0.2) is 13.1 Å². The van der Waals surface area contributed by atoms with Crippen molar-refractivity contribution in [3.63, 3.8) is 0 Å². The van der Waals surface area contributed by atoms with E-state index < -0.39 is 15.6 Å². The topological polar surface area (TPSA) is 46.2 Å². The fourth-order valence-corrected chi connectivity index (χ4v) is 7.19. The van der Waals surface area contributed by atoms with E-state index in [0.717, 1.165) is 11.3 Å². The first-order chi connectivity index (χ1) is 8.30. The molecular formula is C9H11Br2Cl2NO2S2. The van der Waals surface area contributed by atoms with E-state index >= 15 is 0 Å². The molecule has 0 saturated carbocycles. The monoisotopic (exact) mass is 457 g/mol. The van der Waals surface area contributed by atoms with Crippen LogP contribution in [0.2, 0.25) is 8.67 Å². The van der Waals surface area contributed by atoms with Gasteiger partial charge in [0.2, 0.25) is 10.0 Å². The predicted octanol–water partition coefficient (Wildman–Crippen LogP) is 4.27. The van der Waals surface area contributed by atoms with E-state index in [2.05, 4.69) is 36.6 Å². The van der Waals surface area contributed by atoms with Gasteiger partial charge in [-0.2, -0.15) is 0 Å². The first-order valence-electron chi connectivity index (χ1n) is 4.91. The number of nitrogens with one attached hydrogen (secondary N) is 1. The summed E-state index contributed by atoms with van der Waals surface area (Å²) in [5.74, 6) is 0. The van der Waals surface area contributed by atoms with Gasteiger partial charge in [-0.3, -0.25) is 0 Å². The molecule has 0 amide bonds. The highest BCUT2D eigenvalue weighted by molar-refractivity contribution is 9.09. The summed E-state index contributed by atoms with van der Waals surface area (Å²) in [6.07, 6.45) is 0.637. The Labute approximate surface area is 138 Å². The molecule has 3 nitrogen and oxygen atoms in total. The van der Waals surface area contributed by atoms with Gasteiger partial charge in [0.15, 0.2) is 0 Å². The number of hydrogen-bond acceptors (Lipinski definition) is 3. The van der Waals surface area contributed by atoms with Crippen molar-refractivity contribution in [3.05, 3.63) is 14.7 Å². The van der Waals surface area contributed by atoms with Crippen LogP contribution in [0, 0.1) is 0 Å². The van der Waals surface area contributed by atoms with Crippen LogP contribution < -0.4 is 4.72 Å². The van der Waals surface area contributed by atoms with E-state index in [-0.39, 0.29) is 9.23 Å². The summed E-state index contributed by atoms with van der Waals surface area (Å²) in [4.78, 5) is 0.0268. The number of sulfonamides is 1. The molecule has 0 bridgehead atoms. The van der Waals surface area contributed by atoms with Gasteiger partial charge in [-0.1, -0.05) is 62.0 Å². The number of halogens is 4. The summed E-state index contributed by atoms with van der Waals surface area (Å²) in [6.45, 7) is 1.91. The molecule has 0 atom stereocenters. The summed E-state index contributed by atoms with van der Waals surface area (Å²) in [6, 6.07) is 1.36. The van der Waals surface area contributed by atoms with Gasteiger partial charge >= 0.3 is 0 Å². The van der Waals surface area contributed by atoms with E-state index in [1.54, 1.807) is 0 Å². The highest BCUT2D eigenvalue weighted by Crippen LogP contribution is 2.35. The molecule has 104 valence electrons. The standard InChI is InChI=1S/C9H11Br2Cl2NO2S2/c1-2-9(4-10,5-11)14-18(15,16)6-3-7(12)17-8(6)13/h3,14H,2,4-5H2,1H3. The number of rotatable bonds is 6. The third kappa shape index (κ3) is 3.84. The minimum absolute atomic E-state index is 0.0268. The van der Waals surface area contributed by atoms with Crippen LogP contribution in [0.25, 0.3) is 0 Å². The molecule has 0 unspecified atom stereocenters. The van der Waals surface area contributed by atoms with Crippen molar-refractivity contribution in [2.75, 3.05) is 10.7 Å². The predicted molar refractivity (Wildman–Crippen MR) is 85.3 cm³/mol. The summed E-state index contributed by atoms with van der Waals surface area (Å²) in [7, 11) is -3.68. The highest BCUT2D eigenvalue weighted by Gasteiger charge is 2.33. The SMILES string of the molecule is CCC(CBr)(CBr)NS(=O)(=O)c1cc(Cl)sc1Cl. The second kappa shape index (κ2) is 6.74. The zero-order chi connectivity index (χ0) is 14.0. The summed E-state index contributed by atoms with van der Waals surface area (Å²) < 4.78 is 27.7. The molecule has 18 heavy (non-hydrogen) atoms. The van der Waals surface area contributed by atoms with Crippen molar-refractivity contribution in [3.8, 4) is 0 Å². The molecule has 1 aromatic rings. The Balaban J connectivity index is 3.12. The van der Waals surface area contributed by atoms with Crippen LogP contribution >= 0.6 is 66.4 Å². The van der Waals surface area contributed by atoms with Crippen molar-refractivity contribution in [1.82, 2.24) is 4.72 Å². The Morgan fingerprint density at radius 2 is 1.94 bits per heavy atom. The minimum Gasteiger partial charge on any atom is -0.207 e. The van der Waals surface area contributed by atoms with Crippen molar-refractivity contribution in [1.29, 1.82) is 0 Å². The molecule has 1 heterocycles. The van der Waals surface area contributed by atoms with Gasteiger partial charge in [0.1, 0.15) is 9.23 Å². The van der Waals surface area contributed by atoms with E-state index in [9.17, 15) is 8.42 Å². The summed E-state index contributed by atoms with van der Waals surface area (Å²) in [5, 5.41) is 0.993. The van der Waals surface area contributed by atoms with Crippen LogP contribution in [-0.2, 0) is 10.0 Å². The molecule has 0 aliphatic carbocycles. The third-order valence-electron chi connectivity index (χ3n) is 2.45. The van der Waals surface area contributed by atoms with Gasteiger partial charge in [-0.15, -0.1) is 11.3 Å². The summed E-state index contributed by atoms with van der Waals surface area (Å²) in [5.41, 5.74) is -0.587.